The van der Waals surface area contributed by atoms with E-state index in [4.69, 9.17) is 11.6 Å². The van der Waals surface area contributed by atoms with Gasteiger partial charge in [-0.15, -0.1) is 0 Å². The number of rotatable bonds is 3. The molecule has 1 aliphatic heterocycles. The Labute approximate surface area is 121 Å². The van der Waals surface area contributed by atoms with Crippen LogP contribution in [0.2, 0.25) is 5.02 Å². The van der Waals surface area contributed by atoms with Crippen molar-refractivity contribution in [2.75, 3.05) is 20.1 Å². The molecule has 0 aliphatic carbocycles. The van der Waals surface area contributed by atoms with Gasteiger partial charge in [-0.2, -0.15) is 0 Å². The molecule has 18 heavy (non-hydrogen) atoms. The van der Waals surface area contributed by atoms with Crippen molar-refractivity contribution >= 4 is 33.4 Å². The van der Waals surface area contributed by atoms with Crippen LogP contribution in [0.25, 0.3) is 0 Å². The van der Waals surface area contributed by atoms with Gasteiger partial charge in [-0.3, -0.25) is 4.79 Å². The van der Waals surface area contributed by atoms with Gasteiger partial charge in [0.05, 0.1) is 6.42 Å². The van der Waals surface area contributed by atoms with Gasteiger partial charge in [0, 0.05) is 29.1 Å². The third-order valence-corrected chi connectivity index (χ3v) is 4.31. The van der Waals surface area contributed by atoms with Crippen LogP contribution in [0.5, 0.6) is 0 Å². The zero-order chi connectivity index (χ0) is 13.1. The molecule has 98 valence electrons. The minimum atomic E-state index is 0.145. The minimum Gasteiger partial charge on any atom is -0.341 e. The van der Waals surface area contributed by atoms with Crippen molar-refractivity contribution in [1.82, 2.24) is 10.2 Å². The quantitative estimate of drug-likeness (QED) is 0.923. The molecule has 0 saturated carbocycles. The predicted octanol–water partition coefficient (Wildman–Crippen LogP) is 2.47. The molecular formula is C13H16BrClN2O. The molecule has 1 aromatic carbocycles. The Hall–Kier alpha value is -0.580. The van der Waals surface area contributed by atoms with Crippen molar-refractivity contribution in [3.05, 3.63) is 33.3 Å². The minimum absolute atomic E-state index is 0.145. The highest BCUT2D eigenvalue weighted by Gasteiger charge is 2.23. The Morgan fingerprint density at radius 2 is 2.39 bits per heavy atom. The highest BCUT2D eigenvalue weighted by molar-refractivity contribution is 9.10. The molecule has 1 atom stereocenters. The maximum atomic E-state index is 12.2. The van der Waals surface area contributed by atoms with Gasteiger partial charge < -0.3 is 10.2 Å². The Morgan fingerprint density at radius 3 is 3.00 bits per heavy atom. The third-order valence-electron chi connectivity index (χ3n) is 3.33. The summed E-state index contributed by atoms with van der Waals surface area (Å²) in [5, 5.41) is 3.94. The molecule has 1 aliphatic rings. The summed E-state index contributed by atoms with van der Waals surface area (Å²) in [6.45, 7) is 1.89. The van der Waals surface area contributed by atoms with Crippen LogP contribution in [0.15, 0.2) is 22.7 Å². The zero-order valence-electron chi connectivity index (χ0n) is 10.2. The summed E-state index contributed by atoms with van der Waals surface area (Å²) >= 11 is 9.33. The Morgan fingerprint density at radius 1 is 1.61 bits per heavy atom. The van der Waals surface area contributed by atoms with E-state index in [1.807, 2.05) is 30.1 Å². The fourth-order valence-corrected chi connectivity index (χ4v) is 2.95. The zero-order valence-corrected chi connectivity index (χ0v) is 12.6. The van der Waals surface area contributed by atoms with E-state index in [-0.39, 0.29) is 5.91 Å². The molecule has 1 amide bonds. The highest BCUT2D eigenvalue weighted by Crippen LogP contribution is 2.22. The standard InChI is InChI=1S/C13H16BrClN2O/c1-17(11-4-5-16-8-11)13(18)6-9-2-3-10(15)7-12(9)14/h2-3,7,11,16H,4-6,8H2,1H3. The average Bonchev–Trinajstić information content (AvgIpc) is 2.85. The van der Waals surface area contributed by atoms with Crippen LogP contribution < -0.4 is 5.32 Å². The lowest BCUT2D eigenvalue weighted by atomic mass is 10.1. The number of carbonyl (C=O) groups is 1. The predicted molar refractivity (Wildman–Crippen MR) is 76.9 cm³/mol. The Bertz CT molecular complexity index is 447. The Balaban J connectivity index is 2.01. The molecule has 2 rings (SSSR count). The van der Waals surface area contributed by atoms with Crippen LogP contribution >= 0.6 is 27.5 Å². The van der Waals surface area contributed by atoms with Crippen LogP contribution in [0.3, 0.4) is 0 Å². The summed E-state index contributed by atoms with van der Waals surface area (Å²) in [6.07, 6.45) is 1.44. The van der Waals surface area contributed by atoms with E-state index in [0.717, 1.165) is 29.5 Å². The molecular weight excluding hydrogens is 316 g/mol. The van der Waals surface area contributed by atoms with Crippen LogP contribution in [-0.2, 0) is 11.2 Å². The molecule has 0 bridgehead atoms. The maximum absolute atomic E-state index is 12.2. The second kappa shape index (κ2) is 6.04. The molecule has 1 unspecified atom stereocenters. The lowest BCUT2D eigenvalue weighted by Crippen LogP contribution is -2.39. The van der Waals surface area contributed by atoms with E-state index in [2.05, 4.69) is 21.2 Å². The van der Waals surface area contributed by atoms with Gasteiger partial charge in [-0.25, -0.2) is 0 Å². The lowest BCUT2D eigenvalue weighted by Gasteiger charge is -2.24. The summed E-state index contributed by atoms with van der Waals surface area (Å²) in [4.78, 5) is 14.0. The molecule has 0 radical (unpaired) electrons. The van der Waals surface area contributed by atoms with Crippen LogP contribution in [-0.4, -0.2) is 37.0 Å². The summed E-state index contributed by atoms with van der Waals surface area (Å²) in [6, 6.07) is 5.85. The van der Waals surface area contributed by atoms with Crippen LogP contribution in [0.4, 0.5) is 0 Å². The molecule has 1 N–H and O–H groups in total. The number of carbonyl (C=O) groups excluding carboxylic acids is 1. The monoisotopic (exact) mass is 330 g/mol. The topological polar surface area (TPSA) is 32.3 Å². The molecule has 1 aromatic rings. The first-order valence-electron chi connectivity index (χ1n) is 5.98. The molecule has 1 saturated heterocycles. The third kappa shape index (κ3) is 3.25. The van der Waals surface area contributed by atoms with E-state index < -0.39 is 0 Å². The summed E-state index contributed by atoms with van der Waals surface area (Å²) in [7, 11) is 1.88. The molecule has 5 heteroatoms. The van der Waals surface area contributed by atoms with E-state index in [1.54, 1.807) is 0 Å². The average molecular weight is 332 g/mol. The first-order chi connectivity index (χ1) is 8.58. The van der Waals surface area contributed by atoms with E-state index in [1.165, 1.54) is 0 Å². The van der Waals surface area contributed by atoms with Crippen molar-refractivity contribution in [3.63, 3.8) is 0 Å². The van der Waals surface area contributed by atoms with Crippen LogP contribution in [0, 0.1) is 0 Å². The van der Waals surface area contributed by atoms with Crippen molar-refractivity contribution in [1.29, 1.82) is 0 Å². The second-order valence-electron chi connectivity index (χ2n) is 4.56. The van der Waals surface area contributed by atoms with E-state index in [0.29, 0.717) is 17.5 Å². The highest BCUT2D eigenvalue weighted by atomic mass is 79.9. The Kier molecular flexibility index (Phi) is 4.65. The molecule has 1 heterocycles. The molecule has 3 nitrogen and oxygen atoms in total. The number of nitrogens with one attached hydrogen (secondary N) is 1. The second-order valence-corrected chi connectivity index (χ2v) is 5.85. The van der Waals surface area contributed by atoms with Gasteiger partial charge in [0.2, 0.25) is 5.91 Å². The number of halogens is 2. The lowest BCUT2D eigenvalue weighted by molar-refractivity contribution is -0.130. The van der Waals surface area contributed by atoms with E-state index >= 15 is 0 Å². The van der Waals surface area contributed by atoms with Gasteiger partial charge in [0.25, 0.3) is 0 Å². The van der Waals surface area contributed by atoms with Crippen molar-refractivity contribution in [3.8, 4) is 0 Å². The smallest absolute Gasteiger partial charge is 0.227 e. The normalized spacial score (nSPS) is 18.9. The van der Waals surface area contributed by atoms with Gasteiger partial charge in [-0.05, 0) is 30.7 Å². The fourth-order valence-electron chi connectivity index (χ4n) is 2.13. The number of hydrogen-bond acceptors (Lipinski definition) is 2. The maximum Gasteiger partial charge on any atom is 0.227 e. The summed E-state index contributed by atoms with van der Waals surface area (Å²) in [5.74, 6) is 0.145. The number of benzene rings is 1. The van der Waals surface area contributed by atoms with Gasteiger partial charge in [0.15, 0.2) is 0 Å². The number of nitrogens with zero attached hydrogens (tertiary/aromatic N) is 1. The van der Waals surface area contributed by atoms with Crippen molar-refractivity contribution in [2.45, 2.75) is 18.9 Å². The van der Waals surface area contributed by atoms with E-state index in [9.17, 15) is 4.79 Å². The first-order valence-corrected chi connectivity index (χ1v) is 7.15. The molecule has 0 aromatic heterocycles. The number of likely N-dealkylation sites (N-methyl/N-ethyl adjacent to an activating group) is 1. The number of hydrogen-bond donors (Lipinski definition) is 1. The van der Waals surface area contributed by atoms with Gasteiger partial charge >= 0.3 is 0 Å². The summed E-state index contributed by atoms with van der Waals surface area (Å²) in [5.41, 5.74) is 0.974. The number of amides is 1. The van der Waals surface area contributed by atoms with Gasteiger partial charge in [0.1, 0.15) is 0 Å². The summed E-state index contributed by atoms with van der Waals surface area (Å²) < 4.78 is 0.890. The fraction of sp³-hybridized carbons (Fsp3) is 0.462. The molecule has 1 fully saturated rings. The molecule has 0 spiro atoms. The van der Waals surface area contributed by atoms with Crippen molar-refractivity contribution in [2.24, 2.45) is 0 Å². The SMILES string of the molecule is CN(C(=O)Cc1ccc(Cl)cc1Br)C1CCNC1. The van der Waals surface area contributed by atoms with Gasteiger partial charge in [-0.1, -0.05) is 33.6 Å². The first kappa shape index (κ1) is 13.8. The van der Waals surface area contributed by atoms with Crippen molar-refractivity contribution < 1.29 is 4.79 Å². The van der Waals surface area contributed by atoms with Crippen LogP contribution in [0.1, 0.15) is 12.0 Å². The largest absolute Gasteiger partial charge is 0.341 e.